The van der Waals surface area contributed by atoms with E-state index in [1.807, 2.05) is 5.38 Å². The molecule has 1 heterocycles. The first-order chi connectivity index (χ1) is 10.6. The Morgan fingerprint density at radius 3 is 2.68 bits per heavy atom. The third-order valence-electron chi connectivity index (χ3n) is 3.95. The van der Waals surface area contributed by atoms with Crippen LogP contribution in [0.15, 0.2) is 29.8 Å². The summed E-state index contributed by atoms with van der Waals surface area (Å²) in [7, 11) is 0. The number of primary amides is 1. The van der Waals surface area contributed by atoms with Crippen molar-refractivity contribution in [2.75, 3.05) is 5.32 Å². The standard InChI is InChI=1S/C16H17N3O2S/c17-14(20)11-5-6-13(12(9-11)16-18-7-8-22-16)19-15(21)10-3-1-2-4-10/h5-10H,1-4H2,(H2,17,20)(H,19,21). The van der Waals surface area contributed by atoms with E-state index < -0.39 is 5.91 Å². The fourth-order valence-corrected chi connectivity index (χ4v) is 3.43. The first kappa shape index (κ1) is 14.7. The summed E-state index contributed by atoms with van der Waals surface area (Å²) in [6.07, 6.45) is 5.80. The van der Waals surface area contributed by atoms with Crippen LogP contribution in [0, 0.1) is 5.92 Å². The Balaban J connectivity index is 1.92. The van der Waals surface area contributed by atoms with E-state index in [0.29, 0.717) is 11.3 Å². The van der Waals surface area contributed by atoms with Crippen LogP contribution in [0.25, 0.3) is 10.6 Å². The van der Waals surface area contributed by atoms with Crippen molar-refractivity contribution < 1.29 is 9.59 Å². The number of benzene rings is 1. The molecule has 6 heteroatoms. The number of aromatic nitrogens is 1. The largest absolute Gasteiger partial charge is 0.366 e. The first-order valence-corrected chi connectivity index (χ1v) is 8.17. The van der Waals surface area contributed by atoms with Crippen LogP contribution in [0.2, 0.25) is 0 Å². The maximum atomic E-state index is 12.3. The number of thiazole rings is 1. The van der Waals surface area contributed by atoms with Crippen LogP contribution in [0.3, 0.4) is 0 Å². The summed E-state index contributed by atoms with van der Waals surface area (Å²) in [4.78, 5) is 28.0. The average Bonchev–Trinajstić information content (AvgIpc) is 3.21. The molecule has 2 amide bonds. The second-order valence-electron chi connectivity index (χ2n) is 5.43. The van der Waals surface area contributed by atoms with Gasteiger partial charge in [-0.3, -0.25) is 9.59 Å². The second-order valence-corrected chi connectivity index (χ2v) is 6.33. The minimum absolute atomic E-state index is 0.0436. The normalized spacial score (nSPS) is 14.9. The molecule has 1 fully saturated rings. The Morgan fingerprint density at radius 2 is 2.05 bits per heavy atom. The van der Waals surface area contributed by atoms with Gasteiger partial charge in [-0.2, -0.15) is 0 Å². The summed E-state index contributed by atoms with van der Waals surface area (Å²) >= 11 is 1.46. The van der Waals surface area contributed by atoms with Gasteiger partial charge in [0.25, 0.3) is 0 Å². The van der Waals surface area contributed by atoms with E-state index in [1.165, 1.54) is 11.3 Å². The van der Waals surface area contributed by atoms with Gasteiger partial charge in [-0.25, -0.2) is 4.98 Å². The van der Waals surface area contributed by atoms with Crippen LogP contribution in [-0.4, -0.2) is 16.8 Å². The molecule has 3 rings (SSSR count). The van der Waals surface area contributed by atoms with Crippen LogP contribution < -0.4 is 11.1 Å². The Labute approximate surface area is 132 Å². The number of amides is 2. The minimum atomic E-state index is -0.494. The van der Waals surface area contributed by atoms with Crippen molar-refractivity contribution in [3.8, 4) is 10.6 Å². The maximum Gasteiger partial charge on any atom is 0.248 e. The highest BCUT2D eigenvalue weighted by molar-refractivity contribution is 7.13. The van der Waals surface area contributed by atoms with Crippen LogP contribution >= 0.6 is 11.3 Å². The highest BCUT2D eigenvalue weighted by atomic mass is 32.1. The zero-order valence-corrected chi connectivity index (χ0v) is 12.9. The summed E-state index contributed by atoms with van der Waals surface area (Å²) in [6, 6.07) is 5.04. The second kappa shape index (κ2) is 6.27. The molecule has 0 bridgehead atoms. The van der Waals surface area contributed by atoms with Gasteiger partial charge in [0, 0.05) is 28.6 Å². The predicted molar refractivity (Wildman–Crippen MR) is 86.7 cm³/mol. The predicted octanol–water partition coefficient (Wildman–Crippen LogP) is 3.04. The minimum Gasteiger partial charge on any atom is -0.366 e. The molecule has 1 aromatic heterocycles. The van der Waals surface area contributed by atoms with Crippen molar-refractivity contribution in [1.82, 2.24) is 4.98 Å². The van der Waals surface area contributed by atoms with Crippen LogP contribution in [0.5, 0.6) is 0 Å². The molecule has 1 saturated carbocycles. The summed E-state index contributed by atoms with van der Waals surface area (Å²) in [6.45, 7) is 0. The molecule has 0 aliphatic heterocycles. The van der Waals surface area contributed by atoms with Gasteiger partial charge < -0.3 is 11.1 Å². The van der Waals surface area contributed by atoms with Crippen molar-refractivity contribution in [1.29, 1.82) is 0 Å². The molecule has 5 nitrogen and oxygen atoms in total. The number of nitrogens with zero attached hydrogens (tertiary/aromatic N) is 1. The number of hydrogen-bond acceptors (Lipinski definition) is 4. The zero-order valence-electron chi connectivity index (χ0n) is 12.0. The Hall–Kier alpha value is -2.21. The lowest BCUT2D eigenvalue weighted by Crippen LogP contribution is -2.21. The topological polar surface area (TPSA) is 85.1 Å². The van der Waals surface area contributed by atoms with Crippen molar-refractivity contribution in [3.05, 3.63) is 35.3 Å². The van der Waals surface area contributed by atoms with E-state index in [-0.39, 0.29) is 11.8 Å². The molecule has 3 N–H and O–H groups in total. The lowest BCUT2D eigenvalue weighted by molar-refractivity contribution is -0.119. The summed E-state index contributed by atoms with van der Waals surface area (Å²) in [5, 5.41) is 5.59. The van der Waals surface area contributed by atoms with Gasteiger partial charge in [0.05, 0.1) is 5.69 Å². The zero-order chi connectivity index (χ0) is 15.5. The number of carbonyl (C=O) groups excluding carboxylic acids is 2. The molecule has 0 spiro atoms. The van der Waals surface area contributed by atoms with Crippen molar-refractivity contribution in [2.24, 2.45) is 11.7 Å². The van der Waals surface area contributed by atoms with E-state index in [0.717, 1.165) is 36.3 Å². The summed E-state index contributed by atoms with van der Waals surface area (Å²) < 4.78 is 0. The molecular weight excluding hydrogens is 298 g/mol. The molecule has 0 radical (unpaired) electrons. The molecule has 0 saturated heterocycles. The fourth-order valence-electron chi connectivity index (χ4n) is 2.76. The van der Waals surface area contributed by atoms with Crippen LogP contribution in [-0.2, 0) is 4.79 Å². The summed E-state index contributed by atoms with van der Waals surface area (Å²) in [5.41, 5.74) is 7.16. The molecule has 114 valence electrons. The molecular formula is C16H17N3O2S. The van der Waals surface area contributed by atoms with Crippen molar-refractivity contribution >= 4 is 28.8 Å². The SMILES string of the molecule is NC(=O)c1ccc(NC(=O)C2CCCC2)c(-c2nccs2)c1. The molecule has 0 unspecified atom stereocenters. The molecule has 22 heavy (non-hydrogen) atoms. The Morgan fingerprint density at radius 1 is 1.27 bits per heavy atom. The lowest BCUT2D eigenvalue weighted by atomic mass is 10.1. The first-order valence-electron chi connectivity index (χ1n) is 7.30. The average molecular weight is 315 g/mol. The van der Waals surface area contributed by atoms with Crippen molar-refractivity contribution in [3.63, 3.8) is 0 Å². The monoisotopic (exact) mass is 315 g/mol. The van der Waals surface area contributed by atoms with Gasteiger partial charge in [0.1, 0.15) is 5.01 Å². The number of carbonyl (C=O) groups is 2. The smallest absolute Gasteiger partial charge is 0.248 e. The highest BCUT2D eigenvalue weighted by Crippen LogP contribution is 2.32. The van der Waals surface area contributed by atoms with Gasteiger partial charge in [0.2, 0.25) is 11.8 Å². The van der Waals surface area contributed by atoms with Gasteiger partial charge in [0.15, 0.2) is 0 Å². The Kier molecular flexibility index (Phi) is 4.20. The quantitative estimate of drug-likeness (QED) is 0.909. The molecule has 1 aliphatic carbocycles. The number of nitrogens with two attached hydrogens (primary N) is 1. The van der Waals surface area contributed by atoms with E-state index >= 15 is 0 Å². The van der Waals surface area contributed by atoms with Gasteiger partial charge in [-0.15, -0.1) is 11.3 Å². The molecule has 2 aromatic rings. The van der Waals surface area contributed by atoms with Crippen LogP contribution in [0.4, 0.5) is 5.69 Å². The number of anilines is 1. The maximum absolute atomic E-state index is 12.3. The third kappa shape index (κ3) is 3.01. The van der Waals surface area contributed by atoms with E-state index in [4.69, 9.17) is 5.73 Å². The lowest BCUT2D eigenvalue weighted by Gasteiger charge is -2.14. The van der Waals surface area contributed by atoms with Gasteiger partial charge >= 0.3 is 0 Å². The van der Waals surface area contributed by atoms with E-state index in [9.17, 15) is 9.59 Å². The van der Waals surface area contributed by atoms with Crippen LogP contribution in [0.1, 0.15) is 36.0 Å². The molecule has 1 aliphatic rings. The number of hydrogen-bond donors (Lipinski definition) is 2. The molecule has 0 atom stereocenters. The van der Waals surface area contributed by atoms with Gasteiger partial charge in [-0.05, 0) is 31.0 Å². The van der Waals surface area contributed by atoms with Gasteiger partial charge in [-0.1, -0.05) is 12.8 Å². The fraction of sp³-hybridized carbons (Fsp3) is 0.312. The number of rotatable bonds is 4. The third-order valence-corrected chi connectivity index (χ3v) is 4.76. The van der Waals surface area contributed by atoms with Crippen molar-refractivity contribution in [2.45, 2.75) is 25.7 Å². The highest BCUT2D eigenvalue weighted by Gasteiger charge is 2.23. The molecule has 1 aromatic carbocycles. The van der Waals surface area contributed by atoms with E-state index in [1.54, 1.807) is 24.4 Å². The summed E-state index contributed by atoms with van der Waals surface area (Å²) in [5.74, 6) is -0.367. The van der Waals surface area contributed by atoms with E-state index in [2.05, 4.69) is 10.3 Å². The number of nitrogens with one attached hydrogen (secondary N) is 1. The Bertz CT molecular complexity index is 691.